The third kappa shape index (κ3) is 3.15. The molecular weight excluding hydrogens is 312 g/mol. The van der Waals surface area contributed by atoms with Crippen LogP contribution >= 0.6 is 0 Å². The molecule has 0 radical (unpaired) electrons. The lowest BCUT2D eigenvalue weighted by molar-refractivity contribution is 0.210. The molecule has 1 aliphatic rings. The molecule has 0 saturated carbocycles. The average molecular weight is 334 g/mol. The highest BCUT2D eigenvalue weighted by molar-refractivity contribution is 5.42. The molecule has 128 valence electrons. The number of likely N-dealkylation sites (N-methyl/N-ethyl adjacent to an activating group) is 1. The fourth-order valence-electron chi connectivity index (χ4n) is 3.54. The summed E-state index contributed by atoms with van der Waals surface area (Å²) in [5, 5.41) is 15.3. The topological polar surface area (TPSA) is 54.2 Å². The zero-order valence-corrected chi connectivity index (χ0v) is 14.3. The molecule has 4 rings (SSSR count). The van der Waals surface area contributed by atoms with E-state index in [1.54, 1.807) is 4.68 Å². The van der Waals surface area contributed by atoms with Crippen molar-refractivity contribution in [3.8, 4) is 11.6 Å². The Balaban J connectivity index is 1.54. The fourth-order valence-corrected chi connectivity index (χ4v) is 3.54. The van der Waals surface area contributed by atoms with Crippen LogP contribution in [-0.2, 0) is 19.4 Å². The first-order valence-electron chi connectivity index (χ1n) is 8.67. The second-order valence-electron chi connectivity index (χ2n) is 6.63. The summed E-state index contributed by atoms with van der Waals surface area (Å²) in [7, 11) is 2.13. The van der Waals surface area contributed by atoms with E-state index in [0.29, 0.717) is 6.04 Å². The van der Waals surface area contributed by atoms with Crippen LogP contribution in [0.4, 0.5) is 0 Å². The van der Waals surface area contributed by atoms with Gasteiger partial charge >= 0.3 is 0 Å². The molecule has 1 unspecified atom stereocenters. The second-order valence-corrected chi connectivity index (χ2v) is 6.63. The van der Waals surface area contributed by atoms with Crippen molar-refractivity contribution >= 4 is 0 Å². The Morgan fingerprint density at radius 2 is 1.96 bits per heavy atom. The van der Waals surface area contributed by atoms with E-state index in [1.165, 1.54) is 0 Å². The minimum absolute atomic E-state index is 0.275. The number of hydrogen-bond acceptors (Lipinski definition) is 4. The van der Waals surface area contributed by atoms with E-state index in [2.05, 4.69) is 28.1 Å². The van der Waals surface area contributed by atoms with Gasteiger partial charge in [-0.15, -0.1) is 0 Å². The van der Waals surface area contributed by atoms with E-state index in [0.717, 1.165) is 48.4 Å². The number of pyridine rings is 1. The molecular formula is C20H22N4O. The first kappa shape index (κ1) is 15.8. The van der Waals surface area contributed by atoms with Crippen LogP contribution in [0.2, 0.25) is 0 Å². The molecule has 0 bridgehead atoms. The van der Waals surface area contributed by atoms with Crippen LogP contribution in [0.3, 0.4) is 0 Å². The van der Waals surface area contributed by atoms with E-state index >= 15 is 0 Å². The molecule has 1 N–H and O–H groups in total. The zero-order valence-electron chi connectivity index (χ0n) is 14.3. The largest absolute Gasteiger partial charge is 0.493 e. The van der Waals surface area contributed by atoms with Crippen LogP contribution < -0.4 is 0 Å². The van der Waals surface area contributed by atoms with Gasteiger partial charge in [0.25, 0.3) is 0 Å². The summed E-state index contributed by atoms with van der Waals surface area (Å²) in [4.78, 5) is 6.74. The number of hydrogen-bond donors (Lipinski definition) is 1. The van der Waals surface area contributed by atoms with Gasteiger partial charge in [-0.05, 0) is 50.6 Å². The van der Waals surface area contributed by atoms with Crippen molar-refractivity contribution in [1.82, 2.24) is 19.7 Å². The Labute approximate surface area is 147 Å². The number of fused-ring (bicyclic) bond motifs is 1. The van der Waals surface area contributed by atoms with Gasteiger partial charge in [-0.3, -0.25) is 9.88 Å². The molecule has 2 heterocycles. The van der Waals surface area contributed by atoms with Crippen LogP contribution in [0, 0.1) is 0 Å². The molecule has 3 aromatic rings. The van der Waals surface area contributed by atoms with Gasteiger partial charge in [0.05, 0.1) is 17.1 Å². The number of rotatable bonds is 4. The summed E-state index contributed by atoms with van der Waals surface area (Å²) in [5.41, 5.74) is 3.96. The number of benzene rings is 1. The van der Waals surface area contributed by atoms with Crippen molar-refractivity contribution in [2.75, 3.05) is 7.05 Å². The quantitative estimate of drug-likeness (QED) is 0.797. The fraction of sp³-hybridized carbons (Fsp3) is 0.300. The highest BCUT2D eigenvalue weighted by Gasteiger charge is 2.28. The lowest BCUT2D eigenvalue weighted by atomic mass is 9.92. The highest BCUT2D eigenvalue weighted by atomic mass is 16.3. The Hall–Kier alpha value is -2.66. The maximum atomic E-state index is 10.7. The first-order chi connectivity index (χ1) is 12.2. The molecule has 0 saturated heterocycles. The summed E-state index contributed by atoms with van der Waals surface area (Å²) in [6.07, 6.45) is 4.58. The van der Waals surface area contributed by atoms with Gasteiger partial charge in [0.15, 0.2) is 0 Å². The smallest absolute Gasteiger partial charge is 0.217 e. The van der Waals surface area contributed by atoms with Gasteiger partial charge in [-0.1, -0.05) is 24.3 Å². The van der Waals surface area contributed by atoms with Gasteiger partial charge in [0.1, 0.15) is 0 Å². The monoisotopic (exact) mass is 334 g/mol. The van der Waals surface area contributed by atoms with E-state index in [4.69, 9.17) is 0 Å². The summed E-state index contributed by atoms with van der Waals surface area (Å²) in [6, 6.07) is 16.2. The Bertz CT molecular complexity index is 845. The lowest BCUT2D eigenvalue weighted by Crippen LogP contribution is -2.36. The zero-order chi connectivity index (χ0) is 17.2. The molecule has 25 heavy (non-hydrogen) atoms. The average Bonchev–Trinajstić information content (AvgIpc) is 2.99. The third-order valence-electron chi connectivity index (χ3n) is 4.96. The molecule has 2 aromatic heterocycles. The van der Waals surface area contributed by atoms with Crippen molar-refractivity contribution in [3.63, 3.8) is 0 Å². The predicted molar refractivity (Wildman–Crippen MR) is 96.7 cm³/mol. The van der Waals surface area contributed by atoms with Crippen LogP contribution in [0.25, 0.3) is 5.69 Å². The predicted octanol–water partition coefficient (Wildman–Crippen LogP) is 2.96. The van der Waals surface area contributed by atoms with E-state index in [-0.39, 0.29) is 5.88 Å². The minimum Gasteiger partial charge on any atom is -0.493 e. The standard InChI is InChI=1S/C20H22N4O/c1-23(14-15-7-5-6-12-21-15)17-10-11-19-18(13-17)20(25)24(22-19)16-8-3-2-4-9-16/h2-9,12,17,25H,10-11,13-14H2,1H3. The number of aromatic hydroxyl groups is 1. The normalized spacial score (nSPS) is 16.8. The summed E-state index contributed by atoms with van der Waals surface area (Å²) < 4.78 is 1.66. The lowest BCUT2D eigenvalue weighted by Gasteiger charge is -2.30. The van der Waals surface area contributed by atoms with Crippen LogP contribution in [0.1, 0.15) is 23.4 Å². The molecule has 1 aliphatic carbocycles. The highest BCUT2D eigenvalue weighted by Crippen LogP contribution is 2.32. The summed E-state index contributed by atoms with van der Waals surface area (Å²) in [6.45, 7) is 0.814. The van der Waals surface area contributed by atoms with Crippen LogP contribution in [0.5, 0.6) is 5.88 Å². The number of aromatic nitrogens is 3. The number of aryl methyl sites for hydroxylation is 1. The van der Waals surface area contributed by atoms with Crippen molar-refractivity contribution in [3.05, 3.63) is 71.7 Å². The van der Waals surface area contributed by atoms with Gasteiger partial charge in [0, 0.05) is 24.3 Å². The molecule has 0 amide bonds. The Morgan fingerprint density at radius 3 is 2.72 bits per heavy atom. The first-order valence-corrected chi connectivity index (χ1v) is 8.67. The molecule has 0 spiro atoms. The molecule has 0 fully saturated rings. The van der Waals surface area contributed by atoms with Crippen molar-refractivity contribution in [2.24, 2.45) is 0 Å². The number of nitrogens with zero attached hydrogens (tertiary/aromatic N) is 4. The van der Waals surface area contributed by atoms with Gasteiger partial charge < -0.3 is 5.11 Å². The molecule has 5 nitrogen and oxygen atoms in total. The maximum Gasteiger partial charge on any atom is 0.217 e. The molecule has 1 atom stereocenters. The van der Waals surface area contributed by atoms with Gasteiger partial charge in [-0.2, -0.15) is 5.10 Å². The van der Waals surface area contributed by atoms with Crippen molar-refractivity contribution in [2.45, 2.75) is 31.8 Å². The van der Waals surface area contributed by atoms with Gasteiger partial charge in [-0.25, -0.2) is 4.68 Å². The second kappa shape index (κ2) is 6.69. The molecule has 0 aliphatic heterocycles. The summed E-state index contributed by atoms with van der Waals surface area (Å²) in [5.74, 6) is 0.275. The number of para-hydroxylation sites is 1. The molecule has 1 aromatic carbocycles. The van der Waals surface area contributed by atoms with Crippen molar-refractivity contribution in [1.29, 1.82) is 0 Å². The maximum absolute atomic E-state index is 10.7. The van der Waals surface area contributed by atoms with Crippen LogP contribution in [-0.4, -0.2) is 37.9 Å². The Kier molecular flexibility index (Phi) is 4.24. The Morgan fingerprint density at radius 1 is 1.16 bits per heavy atom. The van der Waals surface area contributed by atoms with Crippen LogP contribution in [0.15, 0.2) is 54.7 Å². The minimum atomic E-state index is 0.275. The van der Waals surface area contributed by atoms with E-state index < -0.39 is 0 Å². The van der Waals surface area contributed by atoms with E-state index in [9.17, 15) is 5.11 Å². The van der Waals surface area contributed by atoms with Gasteiger partial charge in [0.2, 0.25) is 5.88 Å². The molecule has 5 heteroatoms. The SMILES string of the molecule is CN(Cc1ccccn1)C1CCc2nn(-c3ccccc3)c(O)c2C1. The summed E-state index contributed by atoms with van der Waals surface area (Å²) >= 11 is 0. The van der Waals surface area contributed by atoms with E-state index in [1.807, 2.05) is 48.7 Å². The third-order valence-corrected chi connectivity index (χ3v) is 4.96. The van der Waals surface area contributed by atoms with Crippen molar-refractivity contribution < 1.29 is 5.11 Å².